The summed E-state index contributed by atoms with van der Waals surface area (Å²) in [7, 11) is 0. The van der Waals surface area contributed by atoms with Crippen molar-refractivity contribution >= 4 is 0 Å². The zero-order valence-electron chi connectivity index (χ0n) is 13.2. The van der Waals surface area contributed by atoms with Gasteiger partial charge in [-0.25, -0.2) is 0 Å². The predicted octanol–water partition coefficient (Wildman–Crippen LogP) is 3.50. The lowest BCUT2D eigenvalue weighted by molar-refractivity contribution is 0.0567. The summed E-state index contributed by atoms with van der Waals surface area (Å²) in [5.74, 6) is 0.319. The summed E-state index contributed by atoms with van der Waals surface area (Å²) in [4.78, 5) is 2.38. The quantitative estimate of drug-likeness (QED) is 0.940. The van der Waals surface area contributed by atoms with Crippen molar-refractivity contribution in [2.24, 2.45) is 5.92 Å². The third kappa shape index (κ3) is 3.79. The van der Waals surface area contributed by atoms with E-state index < -0.39 is 0 Å². The molecule has 1 aliphatic rings. The first-order chi connectivity index (χ1) is 11.3. The Morgan fingerprint density at radius 3 is 2.39 bits per heavy atom. The van der Waals surface area contributed by atoms with Crippen LogP contribution >= 0.6 is 0 Å². The van der Waals surface area contributed by atoms with Gasteiger partial charge in [-0.05, 0) is 49.0 Å². The molecule has 0 aromatic heterocycles. The Balaban J connectivity index is 1.58. The smallest absolute Gasteiger partial charge is 0.0995 e. The molecule has 1 N–H and O–H groups in total. The van der Waals surface area contributed by atoms with Crippen molar-refractivity contribution in [3.63, 3.8) is 0 Å². The molecule has 1 unspecified atom stereocenters. The highest BCUT2D eigenvalue weighted by atomic mass is 16.3. The largest absolute Gasteiger partial charge is 0.388 e. The van der Waals surface area contributed by atoms with E-state index in [4.69, 9.17) is 0 Å². The monoisotopic (exact) mass is 306 g/mol. The van der Waals surface area contributed by atoms with Gasteiger partial charge in [0.1, 0.15) is 0 Å². The molecule has 3 heteroatoms. The Morgan fingerprint density at radius 1 is 1.04 bits per heavy atom. The van der Waals surface area contributed by atoms with Gasteiger partial charge in [0.15, 0.2) is 0 Å². The van der Waals surface area contributed by atoms with E-state index in [2.05, 4.69) is 11.0 Å². The van der Waals surface area contributed by atoms with Crippen molar-refractivity contribution in [2.45, 2.75) is 25.5 Å². The van der Waals surface area contributed by atoms with E-state index >= 15 is 0 Å². The minimum absolute atomic E-state index is 0.319. The summed E-state index contributed by atoms with van der Waals surface area (Å²) < 4.78 is 0. The second-order valence-electron chi connectivity index (χ2n) is 6.24. The number of piperidine rings is 1. The molecule has 3 rings (SSSR count). The molecule has 0 saturated carbocycles. The fraction of sp³-hybridized carbons (Fsp3) is 0.350. The van der Waals surface area contributed by atoms with Crippen LogP contribution in [0, 0.1) is 17.2 Å². The molecule has 0 aliphatic carbocycles. The maximum absolute atomic E-state index is 10.5. The van der Waals surface area contributed by atoms with Crippen molar-refractivity contribution in [2.75, 3.05) is 13.1 Å². The van der Waals surface area contributed by atoms with Crippen LogP contribution in [0.15, 0.2) is 54.6 Å². The van der Waals surface area contributed by atoms with Crippen molar-refractivity contribution < 1.29 is 5.11 Å². The molecule has 0 bridgehead atoms. The van der Waals surface area contributed by atoms with Gasteiger partial charge in [0.2, 0.25) is 0 Å². The van der Waals surface area contributed by atoms with E-state index in [1.165, 1.54) is 0 Å². The Morgan fingerprint density at radius 2 is 1.70 bits per heavy atom. The lowest BCUT2D eigenvalue weighted by Gasteiger charge is -2.34. The molecule has 0 amide bonds. The minimum Gasteiger partial charge on any atom is -0.388 e. The summed E-state index contributed by atoms with van der Waals surface area (Å²) >= 11 is 0. The third-order valence-electron chi connectivity index (χ3n) is 4.75. The van der Waals surface area contributed by atoms with E-state index in [1.54, 1.807) is 0 Å². The van der Waals surface area contributed by atoms with Gasteiger partial charge in [-0.2, -0.15) is 5.26 Å². The van der Waals surface area contributed by atoms with Crippen LogP contribution in [0.4, 0.5) is 0 Å². The zero-order valence-corrected chi connectivity index (χ0v) is 13.2. The number of nitriles is 1. The number of hydrogen-bond donors (Lipinski definition) is 1. The van der Waals surface area contributed by atoms with Crippen LogP contribution in [0.1, 0.15) is 35.6 Å². The normalized spacial score (nSPS) is 17.6. The second kappa shape index (κ2) is 7.41. The molecule has 2 aromatic carbocycles. The van der Waals surface area contributed by atoms with Crippen LogP contribution in [0.5, 0.6) is 0 Å². The molecule has 1 saturated heterocycles. The molecule has 0 spiro atoms. The highest BCUT2D eigenvalue weighted by Crippen LogP contribution is 2.31. The van der Waals surface area contributed by atoms with E-state index in [0.29, 0.717) is 5.92 Å². The Kier molecular flexibility index (Phi) is 5.07. The van der Waals surface area contributed by atoms with Crippen LogP contribution in [0.3, 0.4) is 0 Å². The maximum atomic E-state index is 10.5. The number of aliphatic hydroxyl groups excluding tert-OH is 1. The predicted molar refractivity (Wildman–Crippen MR) is 90.6 cm³/mol. The fourth-order valence-electron chi connectivity index (χ4n) is 3.36. The molecule has 1 heterocycles. The van der Waals surface area contributed by atoms with Crippen molar-refractivity contribution in [1.82, 2.24) is 4.90 Å². The van der Waals surface area contributed by atoms with Crippen molar-refractivity contribution in [3.05, 3.63) is 71.3 Å². The van der Waals surface area contributed by atoms with Gasteiger partial charge in [-0.1, -0.05) is 48.5 Å². The second-order valence-corrected chi connectivity index (χ2v) is 6.24. The molecule has 23 heavy (non-hydrogen) atoms. The van der Waals surface area contributed by atoms with E-state index in [1.807, 2.05) is 54.6 Å². The van der Waals surface area contributed by atoms with Crippen LogP contribution < -0.4 is 0 Å². The Bertz CT molecular complexity index is 670. The number of likely N-dealkylation sites (tertiary alicyclic amines) is 1. The summed E-state index contributed by atoms with van der Waals surface area (Å²) in [5, 5.41) is 19.7. The molecular formula is C20H22N2O. The number of aliphatic hydroxyl groups is 1. The fourth-order valence-corrected chi connectivity index (χ4v) is 3.36. The van der Waals surface area contributed by atoms with Gasteiger partial charge in [0.05, 0.1) is 17.7 Å². The van der Waals surface area contributed by atoms with Crippen molar-refractivity contribution in [3.8, 4) is 6.07 Å². The first-order valence-corrected chi connectivity index (χ1v) is 8.21. The molecule has 1 atom stereocenters. The van der Waals surface area contributed by atoms with Gasteiger partial charge in [-0.15, -0.1) is 0 Å². The van der Waals surface area contributed by atoms with E-state index in [-0.39, 0.29) is 6.10 Å². The number of hydrogen-bond acceptors (Lipinski definition) is 3. The Labute approximate surface area is 137 Å². The van der Waals surface area contributed by atoms with Gasteiger partial charge < -0.3 is 5.11 Å². The SMILES string of the molecule is N#Cc1ccccc1CN1CCC(C(O)c2ccccc2)CC1. The number of benzene rings is 2. The van der Waals surface area contributed by atoms with Gasteiger partial charge >= 0.3 is 0 Å². The molecule has 3 nitrogen and oxygen atoms in total. The first-order valence-electron chi connectivity index (χ1n) is 8.21. The number of nitrogens with zero attached hydrogens (tertiary/aromatic N) is 2. The Hall–Kier alpha value is -2.15. The molecule has 2 aromatic rings. The van der Waals surface area contributed by atoms with Gasteiger partial charge in [-0.3, -0.25) is 4.90 Å². The average Bonchev–Trinajstić information content (AvgIpc) is 2.63. The lowest BCUT2D eigenvalue weighted by Crippen LogP contribution is -2.35. The van der Waals surface area contributed by atoms with Crippen LogP contribution in [-0.2, 0) is 6.54 Å². The summed E-state index contributed by atoms with van der Waals surface area (Å²) in [6.45, 7) is 2.75. The standard InChI is InChI=1S/C20H22N2O/c21-14-18-8-4-5-9-19(18)15-22-12-10-17(11-13-22)20(23)16-6-2-1-3-7-16/h1-9,17,20,23H,10-13,15H2. The van der Waals surface area contributed by atoms with Crippen LogP contribution in [-0.4, -0.2) is 23.1 Å². The summed E-state index contributed by atoms with van der Waals surface area (Å²) in [5.41, 5.74) is 2.87. The third-order valence-corrected chi connectivity index (χ3v) is 4.75. The topological polar surface area (TPSA) is 47.3 Å². The summed E-state index contributed by atoms with van der Waals surface area (Å²) in [6.07, 6.45) is 1.61. The van der Waals surface area contributed by atoms with Crippen LogP contribution in [0.2, 0.25) is 0 Å². The first kappa shape index (κ1) is 15.7. The average molecular weight is 306 g/mol. The minimum atomic E-state index is -0.371. The molecule has 0 radical (unpaired) electrons. The van der Waals surface area contributed by atoms with E-state index in [9.17, 15) is 10.4 Å². The number of rotatable bonds is 4. The van der Waals surface area contributed by atoms with Gasteiger partial charge in [0.25, 0.3) is 0 Å². The van der Waals surface area contributed by atoms with E-state index in [0.717, 1.165) is 49.2 Å². The molecule has 118 valence electrons. The molecular weight excluding hydrogens is 284 g/mol. The molecule has 1 fully saturated rings. The molecule has 1 aliphatic heterocycles. The highest BCUT2D eigenvalue weighted by Gasteiger charge is 2.26. The summed E-state index contributed by atoms with van der Waals surface area (Å²) in [6, 6.07) is 20.0. The maximum Gasteiger partial charge on any atom is 0.0995 e. The van der Waals surface area contributed by atoms with Gasteiger partial charge in [0, 0.05) is 6.54 Å². The lowest BCUT2D eigenvalue weighted by atomic mass is 9.87. The van der Waals surface area contributed by atoms with Crippen molar-refractivity contribution in [1.29, 1.82) is 5.26 Å². The zero-order chi connectivity index (χ0) is 16.1. The van der Waals surface area contributed by atoms with Crippen LogP contribution in [0.25, 0.3) is 0 Å². The highest BCUT2D eigenvalue weighted by molar-refractivity contribution is 5.37.